The number of benzene rings is 1. The van der Waals surface area contributed by atoms with Gasteiger partial charge in [-0.05, 0) is 29.7 Å². The molecule has 0 aliphatic rings. The number of hydrogen-bond acceptors (Lipinski definition) is 2. The van der Waals surface area contributed by atoms with E-state index in [2.05, 4.69) is 4.74 Å². The highest BCUT2D eigenvalue weighted by Crippen LogP contribution is 2.34. The first-order chi connectivity index (χ1) is 9.60. The summed E-state index contributed by atoms with van der Waals surface area (Å²) < 4.78 is 42.5. The van der Waals surface area contributed by atoms with E-state index in [-0.39, 0.29) is 17.4 Å². The number of ether oxygens (including phenoxy) is 1. The molecule has 1 heterocycles. The molecule has 0 aliphatic heterocycles. The van der Waals surface area contributed by atoms with Gasteiger partial charge in [-0.2, -0.15) is 0 Å². The van der Waals surface area contributed by atoms with Gasteiger partial charge in [0.15, 0.2) is 0 Å². The number of aryl methyl sites for hydroxylation is 1. The van der Waals surface area contributed by atoms with Gasteiger partial charge in [-0.15, -0.1) is 13.2 Å². The summed E-state index contributed by atoms with van der Waals surface area (Å²) in [6.45, 7) is 3.64. The normalized spacial score (nSPS) is 12.1. The van der Waals surface area contributed by atoms with Gasteiger partial charge in [0, 0.05) is 12.4 Å². The summed E-state index contributed by atoms with van der Waals surface area (Å²) in [6.07, 6.45) is -4.79. The van der Waals surface area contributed by atoms with Crippen molar-refractivity contribution in [2.24, 2.45) is 7.05 Å². The second-order valence-corrected chi connectivity index (χ2v) is 5.05. The number of alkyl halides is 3. The second kappa shape index (κ2) is 4.98. The monoisotopic (exact) mass is 301 g/mol. The summed E-state index contributed by atoms with van der Waals surface area (Å²) in [5.41, 5.74) is 1.20. The van der Waals surface area contributed by atoms with E-state index in [1.807, 2.05) is 13.8 Å². The van der Waals surface area contributed by atoms with Crippen LogP contribution in [0.3, 0.4) is 0 Å². The molecule has 4 nitrogen and oxygen atoms in total. The van der Waals surface area contributed by atoms with Gasteiger partial charge in [0.05, 0.1) is 5.52 Å². The first-order valence-electron chi connectivity index (χ1n) is 6.22. The summed E-state index contributed by atoms with van der Waals surface area (Å²) in [6, 6.07) is 3.83. The lowest BCUT2D eigenvalue weighted by molar-refractivity contribution is -0.274. The van der Waals surface area contributed by atoms with Crippen molar-refractivity contribution in [1.82, 2.24) is 4.57 Å². The molecule has 2 aromatic rings. The summed E-state index contributed by atoms with van der Waals surface area (Å²) in [5, 5.41) is 9.52. The van der Waals surface area contributed by atoms with Gasteiger partial charge >= 0.3 is 12.3 Å². The zero-order valence-corrected chi connectivity index (χ0v) is 11.7. The van der Waals surface area contributed by atoms with Crippen molar-refractivity contribution in [3.63, 3.8) is 0 Å². The predicted octanol–water partition coefficient (Wildman–Crippen LogP) is 3.90. The number of halogens is 3. The van der Waals surface area contributed by atoms with Crippen LogP contribution >= 0.6 is 0 Å². The molecule has 0 saturated heterocycles. The molecule has 1 aromatic heterocycles. The van der Waals surface area contributed by atoms with Crippen molar-refractivity contribution in [3.8, 4) is 5.75 Å². The predicted molar refractivity (Wildman–Crippen MR) is 70.7 cm³/mol. The minimum Gasteiger partial charge on any atom is -0.477 e. The molecular weight excluding hydrogens is 287 g/mol. The smallest absolute Gasteiger partial charge is 0.477 e. The molecule has 0 aliphatic carbocycles. The molecule has 0 fully saturated rings. The summed E-state index contributed by atoms with van der Waals surface area (Å²) >= 11 is 0. The lowest BCUT2D eigenvalue weighted by Gasteiger charge is -2.14. The zero-order valence-electron chi connectivity index (χ0n) is 11.7. The standard InChI is InChI=1S/C14H14F3NO3/c1-7(2)10-6-9(21-14(15,16)17)4-8-5-11(13(19)20)18(3)12(8)10/h4-7H,1-3H3,(H,19,20). The van der Waals surface area contributed by atoms with Crippen LogP contribution < -0.4 is 4.74 Å². The van der Waals surface area contributed by atoms with E-state index in [0.29, 0.717) is 16.5 Å². The van der Waals surface area contributed by atoms with Crippen LogP contribution in [0, 0.1) is 0 Å². The van der Waals surface area contributed by atoms with E-state index < -0.39 is 12.3 Å². The fourth-order valence-corrected chi connectivity index (χ4v) is 2.35. The largest absolute Gasteiger partial charge is 0.573 e. The molecule has 0 unspecified atom stereocenters. The van der Waals surface area contributed by atoms with E-state index in [4.69, 9.17) is 5.11 Å². The van der Waals surface area contributed by atoms with Gasteiger partial charge in [-0.1, -0.05) is 13.8 Å². The number of aromatic nitrogens is 1. The van der Waals surface area contributed by atoms with Crippen LogP contribution in [-0.4, -0.2) is 22.0 Å². The summed E-state index contributed by atoms with van der Waals surface area (Å²) in [7, 11) is 1.57. The molecule has 0 radical (unpaired) electrons. The Labute approximate surface area is 118 Å². The SMILES string of the molecule is CC(C)c1cc(OC(F)(F)F)cc2cc(C(=O)O)n(C)c12. The minimum atomic E-state index is -4.79. The molecule has 0 saturated carbocycles. The van der Waals surface area contributed by atoms with Crippen LogP contribution in [-0.2, 0) is 7.05 Å². The molecule has 114 valence electrons. The highest BCUT2D eigenvalue weighted by molar-refractivity contribution is 5.96. The Bertz CT molecular complexity index is 702. The number of fused-ring (bicyclic) bond motifs is 1. The van der Waals surface area contributed by atoms with E-state index in [0.717, 1.165) is 0 Å². The molecule has 0 atom stereocenters. The third-order valence-electron chi connectivity index (χ3n) is 3.21. The van der Waals surface area contributed by atoms with Crippen molar-refractivity contribution in [2.75, 3.05) is 0 Å². The van der Waals surface area contributed by atoms with Crippen LogP contribution in [0.4, 0.5) is 13.2 Å². The number of rotatable bonds is 3. The van der Waals surface area contributed by atoms with E-state index in [1.54, 1.807) is 7.05 Å². The van der Waals surface area contributed by atoms with Crippen LogP contribution in [0.2, 0.25) is 0 Å². The molecule has 0 bridgehead atoms. The van der Waals surface area contributed by atoms with Gasteiger partial charge < -0.3 is 14.4 Å². The van der Waals surface area contributed by atoms with Crippen LogP contribution in [0.5, 0.6) is 5.75 Å². The minimum absolute atomic E-state index is 0.0102. The van der Waals surface area contributed by atoms with Crippen molar-refractivity contribution in [3.05, 3.63) is 29.5 Å². The molecule has 7 heteroatoms. The second-order valence-electron chi connectivity index (χ2n) is 5.05. The van der Waals surface area contributed by atoms with Crippen LogP contribution in [0.25, 0.3) is 10.9 Å². The molecule has 0 spiro atoms. The van der Waals surface area contributed by atoms with E-state index in [9.17, 15) is 18.0 Å². The number of carbonyl (C=O) groups is 1. The maximum Gasteiger partial charge on any atom is 0.573 e. The Morgan fingerprint density at radius 3 is 2.38 bits per heavy atom. The lowest BCUT2D eigenvalue weighted by Crippen LogP contribution is -2.17. The summed E-state index contributed by atoms with van der Waals surface area (Å²) in [5.74, 6) is -1.57. The molecular formula is C14H14F3NO3. The summed E-state index contributed by atoms with van der Waals surface area (Å²) in [4.78, 5) is 11.2. The van der Waals surface area contributed by atoms with E-state index in [1.165, 1.54) is 22.8 Å². The van der Waals surface area contributed by atoms with Crippen molar-refractivity contribution in [2.45, 2.75) is 26.1 Å². The van der Waals surface area contributed by atoms with Gasteiger partial charge in [0.2, 0.25) is 0 Å². The highest BCUT2D eigenvalue weighted by atomic mass is 19.4. The first-order valence-corrected chi connectivity index (χ1v) is 6.22. The first kappa shape index (κ1) is 15.2. The molecule has 1 N–H and O–H groups in total. The zero-order chi connectivity index (χ0) is 15.9. The fraction of sp³-hybridized carbons (Fsp3) is 0.357. The van der Waals surface area contributed by atoms with E-state index >= 15 is 0 Å². The van der Waals surface area contributed by atoms with Crippen molar-refractivity contribution in [1.29, 1.82) is 0 Å². The Morgan fingerprint density at radius 2 is 1.90 bits per heavy atom. The van der Waals surface area contributed by atoms with Gasteiger partial charge in [-0.3, -0.25) is 0 Å². The van der Waals surface area contributed by atoms with Crippen molar-refractivity contribution >= 4 is 16.9 Å². The Balaban J connectivity index is 2.71. The quantitative estimate of drug-likeness (QED) is 0.935. The molecule has 21 heavy (non-hydrogen) atoms. The maximum absolute atomic E-state index is 12.4. The average Bonchev–Trinajstić information content (AvgIpc) is 2.63. The number of hydrogen-bond donors (Lipinski definition) is 1. The van der Waals surface area contributed by atoms with Crippen LogP contribution in [0.1, 0.15) is 35.8 Å². The van der Waals surface area contributed by atoms with Crippen LogP contribution in [0.15, 0.2) is 18.2 Å². The number of carboxylic acid groups (broad SMARTS) is 1. The molecule has 0 amide bonds. The number of carboxylic acids is 1. The Hall–Kier alpha value is -2.18. The lowest BCUT2D eigenvalue weighted by atomic mass is 10.00. The number of nitrogens with zero attached hydrogens (tertiary/aromatic N) is 1. The third-order valence-corrected chi connectivity index (χ3v) is 3.21. The Kier molecular flexibility index (Phi) is 3.61. The topological polar surface area (TPSA) is 51.5 Å². The van der Waals surface area contributed by atoms with Gasteiger partial charge in [-0.25, -0.2) is 4.79 Å². The number of aromatic carboxylic acids is 1. The Morgan fingerprint density at radius 1 is 1.29 bits per heavy atom. The maximum atomic E-state index is 12.4. The molecule has 1 aromatic carbocycles. The van der Waals surface area contributed by atoms with Crippen molar-refractivity contribution < 1.29 is 27.8 Å². The van der Waals surface area contributed by atoms with Gasteiger partial charge in [0.25, 0.3) is 0 Å². The average molecular weight is 301 g/mol. The highest BCUT2D eigenvalue weighted by Gasteiger charge is 2.31. The fourth-order valence-electron chi connectivity index (χ4n) is 2.35. The van der Waals surface area contributed by atoms with Gasteiger partial charge in [0.1, 0.15) is 11.4 Å². The molecule has 2 rings (SSSR count). The third kappa shape index (κ3) is 2.96.